The maximum absolute atomic E-state index is 4.40. The van der Waals surface area contributed by atoms with Crippen molar-refractivity contribution in [3.63, 3.8) is 0 Å². The normalized spacial score (nSPS) is 32.4. The predicted octanol–water partition coefficient (Wildman–Crippen LogP) is 5.22. The first kappa shape index (κ1) is 14.8. The molecule has 122 valence electrons. The van der Waals surface area contributed by atoms with E-state index in [9.17, 15) is 0 Å². The molecule has 3 nitrogen and oxygen atoms in total. The molecule has 1 fully saturated rings. The molecule has 0 radical (unpaired) electrons. The number of hydrogen-bond donors (Lipinski definition) is 3. The molecule has 4 aliphatic rings. The Kier molecular flexibility index (Phi) is 3.14. The summed E-state index contributed by atoms with van der Waals surface area (Å²) in [5.41, 5.74) is 19.7. The van der Waals surface area contributed by atoms with Crippen molar-refractivity contribution in [1.29, 1.82) is 0 Å². The van der Waals surface area contributed by atoms with Gasteiger partial charge < -0.3 is 10.9 Å². The molecule has 1 aromatic rings. The molecule has 5 rings (SSSR count). The van der Waals surface area contributed by atoms with E-state index >= 15 is 0 Å². The monoisotopic (exact) mass is 309 g/mol. The predicted molar refractivity (Wildman–Crippen MR) is 98.1 cm³/mol. The van der Waals surface area contributed by atoms with Crippen LogP contribution in [0.4, 0.5) is 11.4 Å². The lowest BCUT2D eigenvalue weighted by molar-refractivity contribution is 0.345. The fourth-order valence-electron chi connectivity index (χ4n) is 5.48. The standard InChI is InChI=1S/C18H21N3.C2H6/c1-9-10(2)16-13-4-5-14-17(20-21-19-14)15(13)11(3)18(16)7-6-12(9)8-18;1-2/h4-5,11-12,19-21H,1,6-8H2,2-3H3;1-2H3. The maximum atomic E-state index is 4.40. The van der Waals surface area contributed by atoms with Crippen LogP contribution in [0.1, 0.15) is 64.0 Å². The highest BCUT2D eigenvalue weighted by atomic mass is 15.6. The number of fused-ring (bicyclic) bond motifs is 5. The van der Waals surface area contributed by atoms with Gasteiger partial charge in [-0.2, -0.15) is 0 Å². The van der Waals surface area contributed by atoms with Crippen LogP contribution in [0.5, 0.6) is 0 Å². The second-order valence-electron chi connectivity index (χ2n) is 7.17. The van der Waals surface area contributed by atoms with Crippen LogP contribution >= 0.6 is 0 Å². The van der Waals surface area contributed by atoms with Crippen LogP contribution in [-0.2, 0) is 0 Å². The van der Waals surface area contributed by atoms with Gasteiger partial charge in [0.2, 0.25) is 0 Å². The fraction of sp³-hybridized carbons (Fsp3) is 0.500. The molecule has 0 aromatic heterocycles. The third kappa shape index (κ3) is 1.64. The van der Waals surface area contributed by atoms with Crippen molar-refractivity contribution in [2.45, 2.75) is 52.9 Å². The van der Waals surface area contributed by atoms with E-state index < -0.39 is 0 Å². The summed E-state index contributed by atoms with van der Waals surface area (Å²) in [6, 6.07) is 4.50. The van der Waals surface area contributed by atoms with Crippen molar-refractivity contribution >= 4 is 16.9 Å². The summed E-state index contributed by atoms with van der Waals surface area (Å²) < 4.78 is 0. The lowest BCUT2D eigenvalue weighted by atomic mass is 9.67. The lowest BCUT2D eigenvalue weighted by Crippen LogP contribution is -2.25. The minimum Gasteiger partial charge on any atom is -0.302 e. The minimum atomic E-state index is 0.359. The van der Waals surface area contributed by atoms with Gasteiger partial charge in [-0.25, -0.2) is 0 Å². The Morgan fingerprint density at radius 1 is 1.22 bits per heavy atom. The maximum Gasteiger partial charge on any atom is 0.0791 e. The number of hydrogen-bond acceptors (Lipinski definition) is 3. The van der Waals surface area contributed by atoms with Gasteiger partial charge in [0.05, 0.1) is 11.4 Å². The highest BCUT2D eigenvalue weighted by molar-refractivity contribution is 5.92. The molecule has 0 amide bonds. The van der Waals surface area contributed by atoms with E-state index in [0.717, 1.165) is 0 Å². The Morgan fingerprint density at radius 2 is 2.00 bits per heavy atom. The van der Waals surface area contributed by atoms with Crippen molar-refractivity contribution in [1.82, 2.24) is 5.53 Å². The van der Waals surface area contributed by atoms with Crippen molar-refractivity contribution in [3.8, 4) is 0 Å². The molecule has 1 aliphatic heterocycles. The molecule has 1 heterocycles. The first-order chi connectivity index (χ1) is 11.1. The summed E-state index contributed by atoms with van der Waals surface area (Å²) in [5, 5.41) is 0. The molecule has 1 spiro atoms. The second-order valence-corrected chi connectivity index (χ2v) is 7.17. The fourth-order valence-corrected chi connectivity index (χ4v) is 5.48. The molecule has 3 N–H and O–H groups in total. The molecule has 3 heteroatoms. The molecule has 3 atom stereocenters. The van der Waals surface area contributed by atoms with Crippen LogP contribution in [0, 0.1) is 11.3 Å². The van der Waals surface area contributed by atoms with Crippen LogP contribution in [0.15, 0.2) is 29.9 Å². The molecule has 0 saturated heterocycles. The molecule has 1 saturated carbocycles. The molecular weight excluding hydrogens is 282 g/mol. The van der Waals surface area contributed by atoms with Gasteiger partial charge in [-0.3, -0.25) is 0 Å². The number of anilines is 2. The molecule has 23 heavy (non-hydrogen) atoms. The van der Waals surface area contributed by atoms with Crippen molar-refractivity contribution in [2.24, 2.45) is 11.3 Å². The van der Waals surface area contributed by atoms with Crippen molar-refractivity contribution in [3.05, 3.63) is 41.0 Å². The highest BCUT2D eigenvalue weighted by Crippen LogP contribution is 2.70. The third-order valence-corrected chi connectivity index (χ3v) is 6.56. The first-order valence-electron chi connectivity index (χ1n) is 8.98. The van der Waals surface area contributed by atoms with E-state index in [4.69, 9.17) is 0 Å². The highest BCUT2D eigenvalue weighted by Gasteiger charge is 2.56. The number of hydrazine groups is 2. The molecule has 3 unspecified atom stereocenters. The van der Waals surface area contributed by atoms with Crippen LogP contribution < -0.4 is 16.4 Å². The van der Waals surface area contributed by atoms with Crippen LogP contribution in [-0.4, -0.2) is 0 Å². The average molecular weight is 309 g/mol. The van der Waals surface area contributed by atoms with Crippen LogP contribution in [0.2, 0.25) is 0 Å². The third-order valence-electron chi connectivity index (χ3n) is 6.56. The largest absolute Gasteiger partial charge is 0.302 e. The zero-order chi connectivity index (χ0) is 16.4. The van der Waals surface area contributed by atoms with Gasteiger partial charge >= 0.3 is 0 Å². The molecule has 2 bridgehead atoms. The van der Waals surface area contributed by atoms with Gasteiger partial charge in [-0.1, -0.05) is 33.4 Å². The van der Waals surface area contributed by atoms with Crippen molar-refractivity contribution < 1.29 is 0 Å². The van der Waals surface area contributed by atoms with Gasteiger partial charge in [-0.15, -0.1) is 5.53 Å². The van der Waals surface area contributed by atoms with Crippen LogP contribution in [0.3, 0.4) is 0 Å². The van der Waals surface area contributed by atoms with E-state index in [-0.39, 0.29) is 0 Å². The Morgan fingerprint density at radius 3 is 2.78 bits per heavy atom. The topological polar surface area (TPSA) is 36.1 Å². The number of rotatable bonds is 0. The summed E-state index contributed by atoms with van der Waals surface area (Å²) in [6.07, 6.45) is 3.92. The molecule has 3 aliphatic carbocycles. The Hall–Kier alpha value is -1.74. The summed E-state index contributed by atoms with van der Waals surface area (Å²) in [7, 11) is 0. The van der Waals surface area contributed by atoms with Crippen molar-refractivity contribution in [2.75, 3.05) is 10.9 Å². The average Bonchev–Trinajstić information content (AvgIpc) is 3.25. The summed E-state index contributed by atoms with van der Waals surface area (Å²) in [5.74, 6) is 1.29. The van der Waals surface area contributed by atoms with Gasteiger partial charge in [0, 0.05) is 5.41 Å². The zero-order valence-corrected chi connectivity index (χ0v) is 14.6. The van der Waals surface area contributed by atoms with Gasteiger partial charge in [-0.05, 0) is 71.9 Å². The van der Waals surface area contributed by atoms with Crippen LogP contribution in [0.25, 0.3) is 5.57 Å². The molecular formula is C20H27N3. The minimum absolute atomic E-state index is 0.359. The van der Waals surface area contributed by atoms with E-state index in [1.165, 1.54) is 52.9 Å². The molecule has 1 aromatic carbocycles. The van der Waals surface area contributed by atoms with E-state index in [0.29, 0.717) is 17.3 Å². The Bertz CT molecular complexity index is 731. The smallest absolute Gasteiger partial charge is 0.0791 e. The number of nitrogens with one attached hydrogen (secondary N) is 3. The lowest BCUT2D eigenvalue weighted by Gasteiger charge is -2.37. The summed E-state index contributed by atoms with van der Waals surface area (Å²) >= 11 is 0. The van der Waals surface area contributed by atoms with E-state index in [2.05, 4.69) is 48.9 Å². The zero-order valence-electron chi connectivity index (χ0n) is 14.6. The Labute approximate surface area is 139 Å². The van der Waals surface area contributed by atoms with Gasteiger partial charge in [0.15, 0.2) is 0 Å². The van der Waals surface area contributed by atoms with E-state index in [1.54, 1.807) is 5.57 Å². The summed E-state index contributed by atoms with van der Waals surface area (Å²) in [6.45, 7) is 13.1. The van der Waals surface area contributed by atoms with Gasteiger partial charge in [0.1, 0.15) is 0 Å². The number of allylic oxidation sites excluding steroid dienone is 3. The number of benzene rings is 1. The van der Waals surface area contributed by atoms with E-state index in [1.807, 2.05) is 13.8 Å². The second kappa shape index (κ2) is 4.88. The quantitative estimate of drug-likeness (QED) is 0.615. The van der Waals surface area contributed by atoms with Gasteiger partial charge in [0.25, 0.3) is 0 Å². The SMILES string of the molecule is C=C1C(C)=C2c3ccc4c(c3C(C)C23CCC1C3)NNN4.CC. The first-order valence-corrected chi connectivity index (χ1v) is 8.98. The summed E-state index contributed by atoms with van der Waals surface area (Å²) in [4.78, 5) is 0. The Balaban J connectivity index is 0.000000652.